The fraction of sp³-hybridized carbons (Fsp3) is 0.0800. The molecule has 6 nitrogen and oxygen atoms in total. The lowest BCUT2D eigenvalue weighted by Crippen LogP contribution is -2.11. The molecule has 0 spiro atoms. The Morgan fingerprint density at radius 3 is 2.50 bits per heavy atom. The highest BCUT2D eigenvalue weighted by Gasteiger charge is 2.26. The van der Waals surface area contributed by atoms with Gasteiger partial charge >= 0.3 is 11.9 Å². The van der Waals surface area contributed by atoms with E-state index in [-0.39, 0.29) is 27.9 Å². The zero-order valence-corrected chi connectivity index (χ0v) is 20.8. The lowest BCUT2D eigenvalue weighted by Gasteiger charge is -2.14. The standard InChI is InChI=1S/C25H16BrCl2NO5/c1-2-32-21-13-14(11-17(26)22(21)33-24(30)16-8-4-6-10-19(16)28)12-20-25(31)34-23(29-20)15-7-3-5-9-18(15)27/h3-13H,2H2,1H3/b20-12-. The fourth-order valence-corrected chi connectivity index (χ4v) is 4.09. The monoisotopic (exact) mass is 559 g/mol. The van der Waals surface area contributed by atoms with E-state index in [0.29, 0.717) is 33.0 Å². The Morgan fingerprint density at radius 1 is 1.09 bits per heavy atom. The highest BCUT2D eigenvalue weighted by molar-refractivity contribution is 9.10. The minimum atomic E-state index is -0.633. The largest absolute Gasteiger partial charge is 0.490 e. The van der Waals surface area contributed by atoms with Gasteiger partial charge < -0.3 is 14.2 Å². The highest BCUT2D eigenvalue weighted by atomic mass is 79.9. The molecule has 0 atom stereocenters. The summed E-state index contributed by atoms with van der Waals surface area (Å²) in [5.74, 6) is -0.643. The normalized spacial score (nSPS) is 14.1. The van der Waals surface area contributed by atoms with Crippen molar-refractivity contribution < 1.29 is 23.8 Å². The summed E-state index contributed by atoms with van der Waals surface area (Å²) in [6.45, 7) is 2.12. The number of hydrogen-bond donors (Lipinski definition) is 0. The Morgan fingerprint density at radius 2 is 1.79 bits per heavy atom. The number of carbonyl (C=O) groups is 2. The van der Waals surface area contributed by atoms with Crippen molar-refractivity contribution in [2.24, 2.45) is 4.99 Å². The van der Waals surface area contributed by atoms with Crippen LogP contribution in [0.2, 0.25) is 10.0 Å². The fourth-order valence-electron chi connectivity index (χ4n) is 3.12. The first-order chi connectivity index (χ1) is 16.4. The van der Waals surface area contributed by atoms with E-state index in [1.165, 1.54) is 0 Å². The molecule has 0 bridgehead atoms. The number of carbonyl (C=O) groups excluding carboxylic acids is 2. The number of nitrogens with zero attached hydrogens (tertiary/aromatic N) is 1. The van der Waals surface area contributed by atoms with Gasteiger partial charge in [-0.1, -0.05) is 47.5 Å². The molecule has 0 saturated heterocycles. The number of ether oxygens (including phenoxy) is 3. The Hall–Kier alpha value is -3.13. The van der Waals surface area contributed by atoms with Crippen molar-refractivity contribution in [3.8, 4) is 11.5 Å². The molecule has 0 amide bonds. The average molecular weight is 561 g/mol. The number of halogens is 3. The second-order valence-electron chi connectivity index (χ2n) is 6.95. The van der Waals surface area contributed by atoms with E-state index in [9.17, 15) is 9.59 Å². The molecule has 0 N–H and O–H groups in total. The van der Waals surface area contributed by atoms with Gasteiger partial charge in [-0.3, -0.25) is 0 Å². The Balaban J connectivity index is 1.67. The molecule has 0 saturated carbocycles. The number of hydrogen-bond acceptors (Lipinski definition) is 6. The third kappa shape index (κ3) is 5.17. The van der Waals surface area contributed by atoms with Gasteiger partial charge in [-0.25, -0.2) is 14.6 Å². The topological polar surface area (TPSA) is 74.2 Å². The predicted octanol–water partition coefficient (Wildman–Crippen LogP) is 6.72. The lowest BCUT2D eigenvalue weighted by atomic mass is 10.1. The molecule has 1 heterocycles. The second kappa shape index (κ2) is 10.4. The summed E-state index contributed by atoms with van der Waals surface area (Å²) in [5, 5.41) is 0.691. The average Bonchev–Trinajstić information content (AvgIpc) is 3.16. The third-order valence-electron chi connectivity index (χ3n) is 4.65. The third-order valence-corrected chi connectivity index (χ3v) is 5.90. The Labute approximate surface area is 213 Å². The summed E-state index contributed by atoms with van der Waals surface area (Å²) < 4.78 is 17.0. The highest BCUT2D eigenvalue weighted by Crippen LogP contribution is 2.38. The number of esters is 2. The van der Waals surface area contributed by atoms with Gasteiger partial charge in [0.1, 0.15) is 0 Å². The summed E-state index contributed by atoms with van der Waals surface area (Å²) >= 11 is 15.7. The van der Waals surface area contributed by atoms with Crippen molar-refractivity contribution in [3.05, 3.63) is 97.6 Å². The molecule has 1 aliphatic heterocycles. The number of cyclic esters (lactones) is 1. The van der Waals surface area contributed by atoms with Crippen LogP contribution >= 0.6 is 39.1 Å². The van der Waals surface area contributed by atoms with Crippen LogP contribution < -0.4 is 9.47 Å². The zero-order valence-electron chi connectivity index (χ0n) is 17.7. The van der Waals surface area contributed by atoms with E-state index in [1.54, 1.807) is 73.7 Å². The summed E-state index contributed by atoms with van der Waals surface area (Å²) in [4.78, 5) is 29.3. The predicted molar refractivity (Wildman–Crippen MR) is 134 cm³/mol. The van der Waals surface area contributed by atoms with Crippen LogP contribution in [-0.4, -0.2) is 24.4 Å². The van der Waals surface area contributed by atoms with E-state index >= 15 is 0 Å². The maximum atomic E-state index is 12.7. The molecule has 3 aromatic rings. The van der Waals surface area contributed by atoms with Crippen LogP contribution in [0.1, 0.15) is 28.4 Å². The maximum Gasteiger partial charge on any atom is 0.363 e. The molecule has 0 unspecified atom stereocenters. The molecule has 0 aliphatic carbocycles. The van der Waals surface area contributed by atoms with Gasteiger partial charge in [0.2, 0.25) is 5.90 Å². The SMILES string of the molecule is CCOc1cc(/C=C2\N=C(c3ccccc3Cl)OC2=O)cc(Br)c1OC(=O)c1ccccc1Cl. The molecule has 9 heteroatoms. The number of rotatable bonds is 6. The van der Waals surface area contributed by atoms with Crippen LogP contribution in [0.5, 0.6) is 11.5 Å². The van der Waals surface area contributed by atoms with Crippen LogP contribution in [-0.2, 0) is 9.53 Å². The molecular weight excluding hydrogens is 545 g/mol. The van der Waals surface area contributed by atoms with E-state index in [1.807, 2.05) is 0 Å². The van der Waals surface area contributed by atoms with E-state index in [4.69, 9.17) is 37.4 Å². The van der Waals surface area contributed by atoms with Gasteiger partial charge in [-0.05, 0) is 70.9 Å². The second-order valence-corrected chi connectivity index (χ2v) is 8.62. The van der Waals surface area contributed by atoms with Crippen molar-refractivity contribution in [2.75, 3.05) is 6.61 Å². The van der Waals surface area contributed by atoms with Gasteiger partial charge in [-0.2, -0.15) is 0 Å². The first-order valence-electron chi connectivity index (χ1n) is 10.1. The summed E-state index contributed by atoms with van der Waals surface area (Å²) in [5.41, 5.74) is 1.40. The molecule has 172 valence electrons. The van der Waals surface area contributed by atoms with Gasteiger partial charge in [0, 0.05) is 0 Å². The van der Waals surface area contributed by atoms with Gasteiger partial charge in [0.05, 0.1) is 32.3 Å². The van der Waals surface area contributed by atoms with Crippen molar-refractivity contribution in [1.82, 2.24) is 0 Å². The van der Waals surface area contributed by atoms with Crippen LogP contribution in [0.3, 0.4) is 0 Å². The maximum absolute atomic E-state index is 12.7. The molecule has 1 aliphatic rings. The van der Waals surface area contributed by atoms with Crippen LogP contribution in [0.15, 0.2) is 75.8 Å². The van der Waals surface area contributed by atoms with Crippen molar-refractivity contribution >= 4 is 63.0 Å². The number of aliphatic imine (C=N–C) groups is 1. The molecule has 34 heavy (non-hydrogen) atoms. The summed E-state index contributed by atoms with van der Waals surface area (Å²) in [6, 6.07) is 16.8. The molecular formula is C25H16BrCl2NO5. The quantitative estimate of drug-likeness (QED) is 0.190. The van der Waals surface area contributed by atoms with Crippen LogP contribution in [0, 0.1) is 0 Å². The smallest absolute Gasteiger partial charge is 0.363 e. The van der Waals surface area contributed by atoms with Gasteiger partial charge in [0.25, 0.3) is 0 Å². The lowest BCUT2D eigenvalue weighted by molar-refractivity contribution is -0.129. The van der Waals surface area contributed by atoms with Gasteiger partial charge in [0.15, 0.2) is 17.2 Å². The zero-order chi connectivity index (χ0) is 24.2. The van der Waals surface area contributed by atoms with Crippen molar-refractivity contribution in [2.45, 2.75) is 6.92 Å². The number of benzene rings is 3. The van der Waals surface area contributed by atoms with E-state index in [0.717, 1.165) is 0 Å². The Bertz CT molecular complexity index is 1350. The molecule has 0 fully saturated rings. The molecule has 4 rings (SSSR count). The van der Waals surface area contributed by atoms with Crippen LogP contribution in [0.4, 0.5) is 0 Å². The minimum absolute atomic E-state index is 0.0880. The van der Waals surface area contributed by atoms with Crippen molar-refractivity contribution in [3.63, 3.8) is 0 Å². The first kappa shape index (κ1) is 24.0. The molecule has 0 radical (unpaired) electrons. The molecule has 3 aromatic carbocycles. The van der Waals surface area contributed by atoms with E-state index in [2.05, 4.69) is 20.9 Å². The minimum Gasteiger partial charge on any atom is -0.490 e. The van der Waals surface area contributed by atoms with Crippen LogP contribution in [0.25, 0.3) is 6.08 Å². The summed E-state index contributed by atoms with van der Waals surface area (Å²) in [6.07, 6.45) is 1.54. The molecule has 0 aromatic heterocycles. The summed E-state index contributed by atoms with van der Waals surface area (Å²) in [7, 11) is 0. The Kier molecular flexibility index (Phi) is 7.36. The van der Waals surface area contributed by atoms with Gasteiger partial charge in [-0.15, -0.1) is 0 Å². The first-order valence-corrected chi connectivity index (χ1v) is 11.6. The van der Waals surface area contributed by atoms with Crippen molar-refractivity contribution in [1.29, 1.82) is 0 Å². The van der Waals surface area contributed by atoms with E-state index < -0.39 is 11.9 Å².